The molecule has 0 aliphatic carbocycles. The summed E-state index contributed by atoms with van der Waals surface area (Å²) in [6.45, 7) is -0.473. The first-order valence-electron chi connectivity index (χ1n) is 7.83. The molecule has 11 nitrogen and oxygen atoms in total. The second kappa shape index (κ2) is 7.33. The van der Waals surface area contributed by atoms with Gasteiger partial charge in [-0.1, -0.05) is 0 Å². The van der Waals surface area contributed by atoms with Gasteiger partial charge in [0, 0.05) is 12.6 Å². The minimum absolute atomic E-state index is 0.0320. The molecule has 2 aliphatic rings. The van der Waals surface area contributed by atoms with Crippen LogP contribution in [0.5, 0.6) is 0 Å². The Morgan fingerprint density at radius 1 is 1.28 bits per heavy atom. The summed E-state index contributed by atoms with van der Waals surface area (Å²) in [6.07, 6.45) is -5.56. The Labute approximate surface area is 142 Å². The van der Waals surface area contributed by atoms with Gasteiger partial charge in [0.15, 0.2) is 12.5 Å². The Balaban J connectivity index is 1.62. The van der Waals surface area contributed by atoms with Crippen molar-refractivity contribution in [2.24, 2.45) is 0 Å². The van der Waals surface area contributed by atoms with Crippen molar-refractivity contribution in [1.29, 1.82) is 0 Å². The number of hydrogen-bond donors (Lipinski definition) is 5. The smallest absolute Gasteiger partial charge is 0.351 e. The topological polar surface area (TPSA) is 170 Å². The van der Waals surface area contributed by atoms with Gasteiger partial charge in [-0.25, -0.2) is 4.79 Å². The Morgan fingerprint density at radius 3 is 2.68 bits per heavy atom. The average molecular weight is 359 g/mol. The van der Waals surface area contributed by atoms with Crippen molar-refractivity contribution in [3.63, 3.8) is 0 Å². The molecule has 0 spiro atoms. The first-order valence-corrected chi connectivity index (χ1v) is 7.83. The molecule has 1 aromatic rings. The van der Waals surface area contributed by atoms with Gasteiger partial charge >= 0.3 is 5.69 Å². The molecule has 7 atom stereocenters. The molecule has 2 aliphatic heterocycles. The number of nitrogen functional groups attached to an aromatic ring is 1. The number of aliphatic hydroxyl groups excluding tert-OH is 4. The van der Waals surface area contributed by atoms with Crippen molar-refractivity contribution >= 4 is 5.82 Å². The fourth-order valence-electron chi connectivity index (χ4n) is 2.88. The van der Waals surface area contributed by atoms with Crippen LogP contribution in [-0.4, -0.2) is 80.0 Å². The Bertz CT molecular complexity index is 655. The molecular formula is C14H21N3O8. The molecule has 0 amide bonds. The fourth-order valence-corrected chi connectivity index (χ4v) is 2.88. The normalized spacial score (nSPS) is 38.3. The van der Waals surface area contributed by atoms with Gasteiger partial charge in [-0.2, -0.15) is 4.98 Å². The van der Waals surface area contributed by atoms with Crippen molar-refractivity contribution in [2.75, 3.05) is 18.9 Å². The fraction of sp³-hybridized carbons (Fsp3) is 0.714. The average Bonchev–Trinajstić information content (AvgIpc) is 3.07. The van der Waals surface area contributed by atoms with Gasteiger partial charge in [-0.05, 0) is 6.07 Å². The van der Waals surface area contributed by atoms with Crippen LogP contribution in [0.15, 0.2) is 17.1 Å². The Morgan fingerprint density at radius 2 is 2.04 bits per heavy atom. The zero-order valence-electron chi connectivity index (χ0n) is 13.2. The van der Waals surface area contributed by atoms with Crippen LogP contribution < -0.4 is 11.4 Å². The Kier molecular flexibility index (Phi) is 5.34. The second-order valence-corrected chi connectivity index (χ2v) is 6.01. The van der Waals surface area contributed by atoms with E-state index in [-0.39, 0.29) is 25.5 Å². The SMILES string of the molecule is Nc1ccn([C@@H]2O[C@H](COC3C[C@H](O)[C@@H](CO)O3)[C@@H](O)[C@H]2O)c(=O)n1. The van der Waals surface area contributed by atoms with Crippen LogP contribution in [0.4, 0.5) is 5.82 Å². The zero-order valence-corrected chi connectivity index (χ0v) is 13.2. The van der Waals surface area contributed by atoms with E-state index in [0.717, 1.165) is 4.57 Å². The molecular weight excluding hydrogens is 338 g/mol. The van der Waals surface area contributed by atoms with E-state index in [0.29, 0.717) is 0 Å². The van der Waals surface area contributed by atoms with Gasteiger partial charge in [0.2, 0.25) is 0 Å². The van der Waals surface area contributed by atoms with Crippen LogP contribution in [0.2, 0.25) is 0 Å². The standard InChI is InChI=1S/C14H21N3O8/c15-9-1-2-17(14(22)16-9)13-12(21)11(20)8(25-13)5-23-10-3-6(19)7(4-18)24-10/h1-2,6-8,10-13,18-21H,3-5H2,(H2,15,16,22)/t6-,7+,8+,10?,11+,12+,13+/m0/s1. The van der Waals surface area contributed by atoms with E-state index in [1.807, 2.05) is 0 Å². The molecule has 140 valence electrons. The van der Waals surface area contributed by atoms with Crippen molar-refractivity contribution in [3.05, 3.63) is 22.7 Å². The lowest BCUT2D eigenvalue weighted by Crippen LogP contribution is -2.36. The maximum absolute atomic E-state index is 11.9. The summed E-state index contributed by atoms with van der Waals surface area (Å²) in [7, 11) is 0. The Hall–Kier alpha value is -1.60. The van der Waals surface area contributed by atoms with Crippen LogP contribution in [0, 0.1) is 0 Å². The monoisotopic (exact) mass is 359 g/mol. The molecule has 3 rings (SSSR count). The molecule has 2 saturated heterocycles. The minimum Gasteiger partial charge on any atom is -0.394 e. The van der Waals surface area contributed by atoms with E-state index < -0.39 is 48.7 Å². The summed E-state index contributed by atoms with van der Waals surface area (Å²) < 4.78 is 17.3. The first-order chi connectivity index (χ1) is 11.9. The molecule has 1 aromatic heterocycles. The van der Waals surface area contributed by atoms with Crippen molar-refractivity contribution in [2.45, 2.75) is 49.5 Å². The van der Waals surface area contributed by atoms with Gasteiger partial charge in [0.25, 0.3) is 0 Å². The van der Waals surface area contributed by atoms with E-state index in [9.17, 15) is 20.1 Å². The van der Waals surface area contributed by atoms with Crippen LogP contribution in [0.1, 0.15) is 12.6 Å². The number of nitrogens with zero attached hydrogens (tertiary/aromatic N) is 2. The van der Waals surface area contributed by atoms with Crippen LogP contribution in [0.25, 0.3) is 0 Å². The molecule has 0 aromatic carbocycles. The maximum Gasteiger partial charge on any atom is 0.351 e. The molecule has 2 fully saturated rings. The van der Waals surface area contributed by atoms with E-state index in [1.54, 1.807) is 0 Å². The number of anilines is 1. The highest BCUT2D eigenvalue weighted by Crippen LogP contribution is 2.30. The van der Waals surface area contributed by atoms with E-state index >= 15 is 0 Å². The number of aliphatic hydroxyl groups is 4. The summed E-state index contributed by atoms with van der Waals surface area (Å²) in [6, 6.07) is 1.37. The van der Waals surface area contributed by atoms with Gasteiger partial charge in [0.1, 0.15) is 30.2 Å². The molecule has 11 heteroatoms. The number of rotatable bonds is 5. The molecule has 6 N–H and O–H groups in total. The lowest BCUT2D eigenvalue weighted by atomic mass is 10.1. The molecule has 3 heterocycles. The first kappa shape index (κ1) is 18.2. The van der Waals surface area contributed by atoms with Crippen LogP contribution >= 0.6 is 0 Å². The number of hydrogen-bond acceptors (Lipinski definition) is 10. The third kappa shape index (κ3) is 3.67. The zero-order chi connectivity index (χ0) is 18.1. The predicted octanol–water partition coefficient (Wildman–Crippen LogP) is -3.07. The number of nitrogens with two attached hydrogens (primary N) is 1. The summed E-state index contributed by atoms with van der Waals surface area (Å²) in [5, 5.41) is 38.9. The van der Waals surface area contributed by atoms with Crippen molar-refractivity contribution in [1.82, 2.24) is 9.55 Å². The number of aromatic nitrogens is 2. The summed E-state index contributed by atoms with van der Waals surface area (Å²) >= 11 is 0. The summed E-state index contributed by atoms with van der Waals surface area (Å²) in [5.74, 6) is 0.0320. The van der Waals surface area contributed by atoms with Crippen molar-refractivity contribution in [3.8, 4) is 0 Å². The quantitative estimate of drug-likeness (QED) is 0.363. The lowest BCUT2D eigenvalue weighted by molar-refractivity contribution is -0.169. The van der Waals surface area contributed by atoms with Crippen molar-refractivity contribution < 1.29 is 34.6 Å². The van der Waals surface area contributed by atoms with Gasteiger partial charge in [-0.3, -0.25) is 4.57 Å². The van der Waals surface area contributed by atoms with Crippen LogP contribution in [-0.2, 0) is 14.2 Å². The minimum atomic E-state index is -1.36. The molecule has 1 unspecified atom stereocenters. The molecule has 0 radical (unpaired) electrons. The van der Waals surface area contributed by atoms with Gasteiger partial charge in [0.05, 0.1) is 19.3 Å². The highest BCUT2D eigenvalue weighted by molar-refractivity contribution is 5.23. The predicted molar refractivity (Wildman–Crippen MR) is 81.2 cm³/mol. The summed E-state index contributed by atoms with van der Waals surface area (Å²) in [4.78, 5) is 15.4. The van der Waals surface area contributed by atoms with E-state index in [4.69, 9.17) is 25.1 Å². The largest absolute Gasteiger partial charge is 0.394 e. The highest BCUT2D eigenvalue weighted by atomic mass is 16.7. The second-order valence-electron chi connectivity index (χ2n) is 6.01. The highest BCUT2D eigenvalue weighted by Gasteiger charge is 2.45. The van der Waals surface area contributed by atoms with Gasteiger partial charge in [-0.15, -0.1) is 0 Å². The summed E-state index contributed by atoms with van der Waals surface area (Å²) in [5.41, 5.74) is 4.70. The lowest BCUT2D eigenvalue weighted by Gasteiger charge is -2.18. The van der Waals surface area contributed by atoms with Crippen LogP contribution in [0.3, 0.4) is 0 Å². The van der Waals surface area contributed by atoms with E-state index in [2.05, 4.69) is 4.98 Å². The van der Waals surface area contributed by atoms with Gasteiger partial charge < -0.3 is 40.4 Å². The molecule has 0 bridgehead atoms. The molecule has 0 saturated carbocycles. The number of ether oxygens (including phenoxy) is 3. The molecule has 25 heavy (non-hydrogen) atoms. The third-order valence-electron chi connectivity index (χ3n) is 4.28. The van der Waals surface area contributed by atoms with E-state index in [1.165, 1.54) is 12.3 Å². The maximum atomic E-state index is 11.9. The third-order valence-corrected chi connectivity index (χ3v) is 4.28.